The number of carbonyl (C=O) groups is 1. The number of ether oxygens (including phenoxy) is 1. The van der Waals surface area contributed by atoms with Crippen LogP contribution < -0.4 is 10.6 Å². The van der Waals surface area contributed by atoms with E-state index in [0.29, 0.717) is 12.6 Å². The normalized spacial score (nSPS) is 24.6. The van der Waals surface area contributed by atoms with Gasteiger partial charge in [-0.1, -0.05) is 26.2 Å². The van der Waals surface area contributed by atoms with E-state index in [0.717, 1.165) is 26.1 Å². The van der Waals surface area contributed by atoms with Crippen LogP contribution in [-0.2, 0) is 4.74 Å². The van der Waals surface area contributed by atoms with Crippen molar-refractivity contribution in [2.24, 2.45) is 5.41 Å². The molecule has 0 aromatic rings. The zero-order valence-corrected chi connectivity index (χ0v) is 10.1. The van der Waals surface area contributed by atoms with Crippen molar-refractivity contribution in [1.29, 1.82) is 0 Å². The third-order valence-corrected chi connectivity index (χ3v) is 3.52. The van der Waals surface area contributed by atoms with E-state index in [1.165, 1.54) is 19.3 Å². The summed E-state index contributed by atoms with van der Waals surface area (Å²) in [5, 5.41) is 5.99. The molecule has 1 aliphatic carbocycles. The van der Waals surface area contributed by atoms with Crippen LogP contribution in [-0.4, -0.2) is 31.8 Å². The Morgan fingerprint density at radius 2 is 2.00 bits per heavy atom. The third-order valence-electron chi connectivity index (χ3n) is 3.52. The minimum atomic E-state index is -0.0139. The Labute approximate surface area is 97.1 Å². The maximum Gasteiger partial charge on any atom is 0.315 e. The first-order chi connectivity index (χ1) is 7.68. The second-order valence-corrected chi connectivity index (χ2v) is 5.47. The summed E-state index contributed by atoms with van der Waals surface area (Å²) in [6.45, 7) is 4.37. The molecule has 0 bridgehead atoms. The molecule has 1 aliphatic heterocycles. The summed E-state index contributed by atoms with van der Waals surface area (Å²) in [5.74, 6) is 0. The van der Waals surface area contributed by atoms with Gasteiger partial charge in [-0.25, -0.2) is 4.79 Å². The second-order valence-electron chi connectivity index (χ2n) is 5.47. The molecule has 2 fully saturated rings. The highest BCUT2D eigenvalue weighted by Crippen LogP contribution is 2.25. The van der Waals surface area contributed by atoms with Gasteiger partial charge in [-0.2, -0.15) is 0 Å². The molecular weight excluding hydrogens is 204 g/mol. The van der Waals surface area contributed by atoms with Crippen molar-refractivity contribution in [2.45, 2.75) is 45.1 Å². The van der Waals surface area contributed by atoms with Crippen LogP contribution in [0.2, 0.25) is 0 Å². The largest absolute Gasteiger partial charge is 0.380 e. The van der Waals surface area contributed by atoms with Crippen LogP contribution >= 0.6 is 0 Å². The van der Waals surface area contributed by atoms with E-state index < -0.39 is 0 Å². The van der Waals surface area contributed by atoms with Crippen molar-refractivity contribution in [3.8, 4) is 0 Å². The van der Waals surface area contributed by atoms with Gasteiger partial charge in [0.15, 0.2) is 0 Å². The van der Waals surface area contributed by atoms with Crippen molar-refractivity contribution < 1.29 is 9.53 Å². The average Bonchev–Trinajstić information content (AvgIpc) is 2.25. The summed E-state index contributed by atoms with van der Waals surface area (Å²) in [7, 11) is 0. The van der Waals surface area contributed by atoms with Crippen LogP contribution in [0, 0.1) is 5.41 Å². The number of amides is 2. The maximum absolute atomic E-state index is 11.6. The molecule has 0 radical (unpaired) electrons. The van der Waals surface area contributed by atoms with Gasteiger partial charge in [0, 0.05) is 18.0 Å². The highest BCUT2D eigenvalue weighted by atomic mass is 16.5. The van der Waals surface area contributed by atoms with Crippen molar-refractivity contribution in [1.82, 2.24) is 10.6 Å². The predicted octanol–water partition coefficient (Wildman–Crippen LogP) is 1.65. The number of carbonyl (C=O) groups excluding carboxylic acids is 1. The molecule has 2 aliphatic rings. The van der Waals surface area contributed by atoms with Gasteiger partial charge in [-0.15, -0.1) is 0 Å². The van der Waals surface area contributed by atoms with Gasteiger partial charge in [-0.3, -0.25) is 0 Å². The molecule has 4 nitrogen and oxygen atoms in total. The monoisotopic (exact) mass is 226 g/mol. The molecule has 0 atom stereocenters. The number of hydrogen-bond acceptors (Lipinski definition) is 2. The minimum absolute atomic E-state index is 0.0139. The summed E-state index contributed by atoms with van der Waals surface area (Å²) >= 11 is 0. The lowest BCUT2D eigenvalue weighted by Crippen LogP contribution is -2.52. The molecule has 92 valence electrons. The summed E-state index contributed by atoms with van der Waals surface area (Å²) in [4.78, 5) is 11.6. The fourth-order valence-electron chi connectivity index (χ4n) is 2.33. The number of nitrogens with one attached hydrogen (secondary N) is 2. The number of hydrogen-bond donors (Lipinski definition) is 2. The summed E-state index contributed by atoms with van der Waals surface area (Å²) in [6, 6.07) is 0.374. The lowest BCUT2D eigenvalue weighted by molar-refractivity contribution is -0.0975. The molecule has 0 aromatic carbocycles. The zero-order chi connectivity index (χ0) is 11.4. The molecule has 2 amide bonds. The van der Waals surface area contributed by atoms with Gasteiger partial charge >= 0.3 is 6.03 Å². The summed E-state index contributed by atoms with van der Waals surface area (Å²) in [6.07, 6.45) is 6.07. The number of rotatable bonds is 3. The quantitative estimate of drug-likeness (QED) is 0.769. The van der Waals surface area contributed by atoms with Gasteiger partial charge < -0.3 is 15.4 Å². The van der Waals surface area contributed by atoms with Crippen LogP contribution in [0.25, 0.3) is 0 Å². The van der Waals surface area contributed by atoms with E-state index in [1.807, 2.05) is 0 Å². The van der Waals surface area contributed by atoms with Crippen LogP contribution in [0.1, 0.15) is 39.0 Å². The Kier molecular flexibility index (Phi) is 3.69. The zero-order valence-electron chi connectivity index (χ0n) is 10.1. The lowest BCUT2D eigenvalue weighted by atomic mass is 9.89. The molecule has 0 spiro atoms. The van der Waals surface area contributed by atoms with Gasteiger partial charge in [0.25, 0.3) is 0 Å². The molecule has 16 heavy (non-hydrogen) atoms. The van der Waals surface area contributed by atoms with Crippen LogP contribution in [0.3, 0.4) is 0 Å². The van der Waals surface area contributed by atoms with Crippen LogP contribution in [0.15, 0.2) is 0 Å². The molecule has 2 rings (SSSR count). The Morgan fingerprint density at radius 3 is 2.56 bits per heavy atom. The predicted molar refractivity (Wildman–Crippen MR) is 62.3 cm³/mol. The van der Waals surface area contributed by atoms with Crippen molar-refractivity contribution in [3.63, 3.8) is 0 Å². The second kappa shape index (κ2) is 5.04. The molecule has 1 heterocycles. The fourth-order valence-corrected chi connectivity index (χ4v) is 2.33. The van der Waals surface area contributed by atoms with Crippen LogP contribution in [0.5, 0.6) is 0 Å². The van der Waals surface area contributed by atoms with E-state index >= 15 is 0 Å². The van der Waals surface area contributed by atoms with Gasteiger partial charge in [-0.05, 0) is 12.8 Å². The summed E-state index contributed by atoms with van der Waals surface area (Å²) in [5.41, 5.74) is 0.157. The maximum atomic E-state index is 11.6. The molecule has 1 saturated carbocycles. The third kappa shape index (κ3) is 3.11. The SMILES string of the molecule is CC1(CNC(=O)NC2CCCCC2)COC1. The molecule has 0 unspecified atom stereocenters. The topological polar surface area (TPSA) is 50.4 Å². The first-order valence-electron chi connectivity index (χ1n) is 6.30. The Morgan fingerprint density at radius 1 is 1.31 bits per heavy atom. The van der Waals surface area contributed by atoms with Crippen molar-refractivity contribution in [3.05, 3.63) is 0 Å². The Hall–Kier alpha value is -0.770. The van der Waals surface area contributed by atoms with E-state index in [4.69, 9.17) is 4.74 Å². The first-order valence-corrected chi connectivity index (χ1v) is 6.30. The standard InChI is InChI=1S/C12H22N2O2/c1-12(8-16-9-12)7-13-11(15)14-10-5-3-2-4-6-10/h10H,2-9H2,1H3,(H2,13,14,15). The molecule has 2 N–H and O–H groups in total. The van der Waals surface area contributed by atoms with Gasteiger partial charge in [0.2, 0.25) is 0 Å². The van der Waals surface area contributed by atoms with Crippen molar-refractivity contribution in [2.75, 3.05) is 19.8 Å². The molecule has 0 aromatic heterocycles. The van der Waals surface area contributed by atoms with E-state index in [-0.39, 0.29) is 11.4 Å². The van der Waals surface area contributed by atoms with Crippen LogP contribution in [0.4, 0.5) is 4.79 Å². The molecule has 4 heteroatoms. The summed E-state index contributed by atoms with van der Waals surface area (Å²) < 4.78 is 5.15. The highest BCUT2D eigenvalue weighted by Gasteiger charge is 2.33. The fraction of sp³-hybridized carbons (Fsp3) is 0.917. The Balaban J connectivity index is 1.63. The minimum Gasteiger partial charge on any atom is -0.380 e. The average molecular weight is 226 g/mol. The highest BCUT2D eigenvalue weighted by molar-refractivity contribution is 5.74. The number of urea groups is 1. The van der Waals surface area contributed by atoms with Gasteiger partial charge in [0.05, 0.1) is 13.2 Å². The van der Waals surface area contributed by atoms with Gasteiger partial charge in [0.1, 0.15) is 0 Å². The lowest BCUT2D eigenvalue weighted by Gasteiger charge is -2.38. The van der Waals surface area contributed by atoms with E-state index in [1.54, 1.807) is 0 Å². The Bertz CT molecular complexity index is 245. The molecular formula is C12H22N2O2. The first kappa shape index (κ1) is 11.7. The van der Waals surface area contributed by atoms with E-state index in [9.17, 15) is 4.79 Å². The smallest absolute Gasteiger partial charge is 0.315 e. The van der Waals surface area contributed by atoms with Crippen molar-refractivity contribution >= 4 is 6.03 Å². The van der Waals surface area contributed by atoms with E-state index in [2.05, 4.69) is 17.6 Å². The molecule has 1 saturated heterocycles.